The van der Waals surface area contributed by atoms with Crippen LogP contribution in [0.25, 0.3) is 0 Å². The van der Waals surface area contributed by atoms with Crippen molar-refractivity contribution in [3.63, 3.8) is 0 Å². The zero-order valence-corrected chi connectivity index (χ0v) is 27.2. The Morgan fingerprint density at radius 1 is 0.936 bits per heavy atom. The van der Waals surface area contributed by atoms with Crippen LogP contribution in [-0.4, -0.2) is 45.1 Å². The fraction of sp³-hybridized carbons (Fsp3) is 0.417. The van der Waals surface area contributed by atoms with E-state index in [0.717, 1.165) is 30.4 Å². The summed E-state index contributed by atoms with van der Waals surface area (Å²) in [6.07, 6.45) is 7.98. The van der Waals surface area contributed by atoms with Crippen LogP contribution in [0.3, 0.4) is 0 Å². The third kappa shape index (κ3) is 8.92. The first kappa shape index (κ1) is 34.4. The number of aliphatic imine (C=N–C) groups is 1. The number of phenols is 1. The van der Waals surface area contributed by atoms with Crippen LogP contribution in [0.2, 0.25) is 0 Å². The molecule has 8 N–H and O–H groups in total. The van der Waals surface area contributed by atoms with Crippen LogP contribution in [-0.2, 0) is 28.7 Å². The molecule has 1 fully saturated rings. The van der Waals surface area contributed by atoms with Crippen LogP contribution in [0.4, 0.5) is 0 Å². The molecule has 4 aliphatic heterocycles. The Labute approximate surface area is 276 Å². The van der Waals surface area contributed by atoms with E-state index in [4.69, 9.17) is 16.2 Å². The fourth-order valence-corrected chi connectivity index (χ4v) is 7.85. The maximum absolute atomic E-state index is 12.8. The lowest BCUT2D eigenvalue weighted by Crippen LogP contribution is -2.40. The molecule has 11 heteroatoms. The molecule has 0 saturated heterocycles. The smallest absolute Gasteiger partial charge is 0.268 e. The number of rotatable bonds is 8. The van der Waals surface area contributed by atoms with Crippen LogP contribution in [0, 0.1) is 5.92 Å². The lowest BCUT2D eigenvalue weighted by Gasteiger charge is -2.37. The van der Waals surface area contributed by atoms with Gasteiger partial charge in [-0.15, -0.1) is 0 Å². The quantitative estimate of drug-likeness (QED) is 0.0832. The van der Waals surface area contributed by atoms with Crippen LogP contribution >= 0.6 is 0 Å². The third-order valence-electron chi connectivity index (χ3n) is 9.46. The van der Waals surface area contributed by atoms with Gasteiger partial charge < -0.3 is 31.5 Å². The van der Waals surface area contributed by atoms with E-state index in [1.54, 1.807) is 30.3 Å². The number of hydrogen-bond acceptors (Lipinski definition) is 7. The Hall–Kier alpha value is -3.90. The molecule has 0 radical (unpaired) electrons. The van der Waals surface area contributed by atoms with E-state index in [-0.39, 0.29) is 24.6 Å². The second-order valence-corrected chi connectivity index (χ2v) is 14.6. The molecule has 0 amide bonds. The number of aryl methyl sites for hydroxylation is 1. The van der Waals surface area contributed by atoms with E-state index in [1.165, 1.54) is 18.2 Å². The van der Waals surface area contributed by atoms with Gasteiger partial charge in [-0.2, -0.15) is 8.42 Å². The van der Waals surface area contributed by atoms with Gasteiger partial charge in [0.25, 0.3) is 10.1 Å². The minimum atomic E-state index is -4.49. The van der Waals surface area contributed by atoms with Crippen molar-refractivity contribution in [2.75, 3.05) is 0 Å². The summed E-state index contributed by atoms with van der Waals surface area (Å²) in [5, 5.41) is 30.7. The molecular formula is C36H45N3O7S. The van der Waals surface area contributed by atoms with E-state index in [1.807, 2.05) is 36.4 Å². The molecule has 1 saturated carbocycles. The molecule has 1 aliphatic carbocycles. The topological polar surface area (TPSA) is 189 Å². The summed E-state index contributed by atoms with van der Waals surface area (Å²) in [6.45, 7) is 0. The minimum absolute atomic E-state index is 0.0637. The molecule has 0 aromatic heterocycles. The lowest BCUT2D eigenvalue weighted by atomic mass is 9.79. The Morgan fingerprint density at radius 3 is 2.19 bits per heavy atom. The standard InChI is InChI=1S/C36H45N3O7S/c37-34(38)39-36(23-22-35(42)20-2-1-3-21-35)29-12-4-26(5-13-29)24-28(11-18-32(41)27-9-14-30(40)15-10-27)33(47(43,44)45)19-8-25-6-16-31(46-36)17-7-25/h4-7,9-18,28,32-33,40-42H,1-3,8,19-24H2,(H4,37,38,39)(H,43,44,45)/t28-,32-,33-,36-/m1/s1. The third-order valence-corrected chi connectivity index (χ3v) is 10.8. The largest absolute Gasteiger partial charge is 0.508 e. The number of hydrogen-bond donors (Lipinski definition) is 6. The SMILES string of the molecule is NC(N)=N[C@]1(CCC2(O)CCCCC2)Oc2ccc(cc2)CC[C@@H](S(=O)(=O)O)[C@H](C=C[C@@H](O)c2ccc(O)cc2)Cc2ccc1cc2. The van der Waals surface area contributed by atoms with Crippen LogP contribution in [0.1, 0.15) is 79.7 Å². The van der Waals surface area contributed by atoms with E-state index in [9.17, 15) is 28.3 Å². The second-order valence-electron chi connectivity index (χ2n) is 12.9. The van der Waals surface area contributed by atoms with Gasteiger partial charge in [-0.05, 0) is 79.5 Å². The molecule has 8 rings (SSSR count). The Morgan fingerprint density at radius 2 is 1.57 bits per heavy atom. The van der Waals surface area contributed by atoms with Crippen LogP contribution in [0.15, 0.2) is 89.9 Å². The molecule has 4 heterocycles. The average Bonchev–Trinajstić information content (AvgIpc) is 3.04. The Kier molecular flexibility index (Phi) is 10.6. The van der Waals surface area contributed by atoms with Crippen LogP contribution < -0.4 is 16.2 Å². The molecule has 10 nitrogen and oxygen atoms in total. The summed E-state index contributed by atoms with van der Waals surface area (Å²) in [6, 6.07) is 20.7. The number of benzene rings is 3. The molecule has 0 unspecified atom stereocenters. The Bertz CT molecular complexity index is 1650. The van der Waals surface area contributed by atoms with Crippen molar-refractivity contribution in [2.24, 2.45) is 22.4 Å². The van der Waals surface area contributed by atoms with Gasteiger partial charge in [0.1, 0.15) is 11.5 Å². The fourth-order valence-electron chi connectivity index (χ4n) is 6.81. The molecule has 3 aromatic carbocycles. The predicted octanol–water partition coefficient (Wildman–Crippen LogP) is 5.02. The number of nitrogens with zero attached hydrogens (tertiary/aromatic N) is 1. The van der Waals surface area contributed by atoms with E-state index in [2.05, 4.69) is 4.99 Å². The van der Waals surface area contributed by atoms with Crippen molar-refractivity contribution >= 4 is 16.1 Å². The minimum Gasteiger partial charge on any atom is -0.508 e. The highest BCUT2D eigenvalue weighted by atomic mass is 32.2. The predicted molar refractivity (Wildman–Crippen MR) is 181 cm³/mol. The molecule has 47 heavy (non-hydrogen) atoms. The van der Waals surface area contributed by atoms with Gasteiger partial charge in [0, 0.05) is 17.9 Å². The summed E-state index contributed by atoms with van der Waals surface area (Å²) in [5.41, 5.74) is 12.6. The number of phenolic OH excluding ortho intramolecular Hbond substituents is 1. The molecule has 5 aliphatic rings. The Balaban J connectivity index is 1.55. The van der Waals surface area contributed by atoms with Gasteiger partial charge in [-0.1, -0.05) is 79.9 Å². The van der Waals surface area contributed by atoms with Gasteiger partial charge in [0.15, 0.2) is 5.96 Å². The maximum Gasteiger partial charge on any atom is 0.268 e. The van der Waals surface area contributed by atoms with Crippen molar-refractivity contribution in [2.45, 2.75) is 86.9 Å². The monoisotopic (exact) mass is 663 g/mol. The van der Waals surface area contributed by atoms with Crippen molar-refractivity contribution in [3.05, 3.63) is 107 Å². The number of guanidine groups is 1. The summed E-state index contributed by atoms with van der Waals surface area (Å²) in [4.78, 5) is 4.63. The molecule has 4 bridgehead atoms. The zero-order valence-electron chi connectivity index (χ0n) is 26.4. The van der Waals surface area contributed by atoms with E-state index >= 15 is 0 Å². The number of ether oxygens (including phenoxy) is 1. The highest BCUT2D eigenvalue weighted by Crippen LogP contribution is 2.40. The van der Waals surface area contributed by atoms with Gasteiger partial charge >= 0.3 is 0 Å². The van der Waals surface area contributed by atoms with E-state index < -0.39 is 38.7 Å². The summed E-state index contributed by atoms with van der Waals surface area (Å²) < 4.78 is 42.7. The van der Waals surface area contributed by atoms with E-state index in [0.29, 0.717) is 49.0 Å². The summed E-state index contributed by atoms with van der Waals surface area (Å²) in [5.74, 6) is -0.281. The molecule has 0 spiro atoms. The second kappa shape index (κ2) is 14.5. The molecule has 3 aromatic rings. The van der Waals surface area contributed by atoms with Crippen molar-refractivity contribution in [1.82, 2.24) is 0 Å². The number of allylic oxidation sites excluding steroid dienone is 1. The van der Waals surface area contributed by atoms with Gasteiger partial charge in [0.05, 0.1) is 17.0 Å². The highest BCUT2D eigenvalue weighted by molar-refractivity contribution is 7.86. The van der Waals surface area contributed by atoms with Gasteiger partial charge in [-0.25, -0.2) is 4.99 Å². The first-order valence-electron chi connectivity index (χ1n) is 16.2. The zero-order chi connectivity index (χ0) is 33.7. The summed E-state index contributed by atoms with van der Waals surface area (Å²) >= 11 is 0. The van der Waals surface area contributed by atoms with Crippen molar-refractivity contribution in [3.8, 4) is 11.5 Å². The average molecular weight is 664 g/mol. The van der Waals surface area contributed by atoms with Crippen molar-refractivity contribution < 1.29 is 33.0 Å². The van der Waals surface area contributed by atoms with Crippen molar-refractivity contribution in [1.29, 1.82) is 0 Å². The molecular weight excluding hydrogens is 618 g/mol. The normalized spacial score (nSPS) is 23.8. The maximum atomic E-state index is 12.8. The number of nitrogens with two attached hydrogens (primary N) is 2. The van der Waals surface area contributed by atoms with Crippen LogP contribution in [0.5, 0.6) is 11.5 Å². The number of aliphatic hydroxyl groups is 2. The molecule has 4 atom stereocenters. The molecule has 252 valence electrons. The first-order chi connectivity index (χ1) is 22.3. The number of aliphatic hydroxyl groups excluding tert-OH is 1. The van der Waals surface area contributed by atoms with Gasteiger partial charge in [0.2, 0.25) is 5.72 Å². The highest BCUT2D eigenvalue weighted by Gasteiger charge is 2.40. The lowest BCUT2D eigenvalue weighted by molar-refractivity contribution is -0.0311. The first-order valence-corrected chi connectivity index (χ1v) is 17.7. The summed E-state index contributed by atoms with van der Waals surface area (Å²) in [7, 11) is -4.49. The number of aromatic hydroxyl groups is 1. The van der Waals surface area contributed by atoms with Gasteiger partial charge in [-0.3, -0.25) is 4.55 Å².